The Labute approximate surface area is 99.3 Å². The number of methoxy groups -OCH3 is 2. The van der Waals surface area contributed by atoms with E-state index in [0.29, 0.717) is 18.0 Å². The first-order valence-corrected chi connectivity index (χ1v) is 5.45. The van der Waals surface area contributed by atoms with E-state index < -0.39 is 0 Å². The zero-order valence-electron chi connectivity index (χ0n) is 10.0. The molecule has 0 aliphatic rings. The van der Waals surface area contributed by atoms with Crippen LogP contribution in [0.2, 0.25) is 0 Å². The van der Waals surface area contributed by atoms with Crippen LogP contribution < -0.4 is 15.2 Å². The molecule has 0 spiro atoms. The van der Waals surface area contributed by atoms with Crippen LogP contribution in [0.4, 0.5) is 0 Å². The number of aromatic nitrogens is 3. The van der Waals surface area contributed by atoms with Crippen molar-refractivity contribution in [2.75, 3.05) is 20.8 Å². The second kappa shape index (κ2) is 5.01. The topological polar surface area (TPSA) is 75.2 Å². The normalized spacial score (nSPS) is 10.8. The average molecular weight is 236 g/mol. The fourth-order valence-corrected chi connectivity index (χ4v) is 1.70. The molecule has 0 fully saturated rings. The molecule has 6 nitrogen and oxygen atoms in total. The van der Waals surface area contributed by atoms with Crippen LogP contribution in [0, 0.1) is 0 Å². The van der Waals surface area contributed by atoms with Crippen LogP contribution in [-0.2, 0) is 6.54 Å². The summed E-state index contributed by atoms with van der Waals surface area (Å²) in [5.41, 5.74) is 7.20. The Bertz CT molecular complexity index is 509. The monoisotopic (exact) mass is 236 g/mol. The predicted molar refractivity (Wildman–Crippen MR) is 64.3 cm³/mol. The third kappa shape index (κ3) is 2.16. The standard InChI is InChI=1S/C11H16N4O2/c1-16-10-6-8-9(7-11(10)17-2)15(14-13-8)5-3-4-12/h6-7H,3-5,12H2,1-2H3. The third-order valence-corrected chi connectivity index (χ3v) is 2.59. The molecule has 0 atom stereocenters. The molecule has 2 N–H and O–H groups in total. The van der Waals surface area contributed by atoms with Gasteiger partial charge in [-0.2, -0.15) is 0 Å². The summed E-state index contributed by atoms with van der Waals surface area (Å²) in [6, 6.07) is 3.70. The molecule has 0 radical (unpaired) electrons. The van der Waals surface area contributed by atoms with E-state index in [2.05, 4.69) is 10.3 Å². The maximum atomic E-state index is 5.48. The van der Waals surface area contributed by atoms with E-state index in [1.165, 1.54) is 0 Å². The molecule has 2 aromatic rings. The maximum absolute atomic E-state index is 5.48. The zero-order valence-corrected chi connectivity index (χ0v) is 10.0. The van der Waals surface area contributed by atoms with Gasteiger partial charge in [-0.25, -0.2) is 4.68 Å². The number of fused-ring (bicyclic) bond motifs is 1. The minimum absolute atomic E-state index is 0.634. The van der Waals surface area contributed by atoms with Gasteiger partial charge in [0.2, 0.25) is 0 Å². The van der Waals surface area contributed by atoms with Crippen LogP contribution in [-0.4, -0.2) is 35.8 Å². The molecule has 1 heterocycles. The van der Waals surface area contributed by atoms with E-state index >= 15 is 0 Å². The average Bonchev–Trinajstić information content (AvgIpc) is 2.76. The maximum Gasteiger partial charge on any atom is 0.163 e. The van der Waals surface area contributed by atoms with Crippen LogP contribution in [0.25, 0.3) is 11.0 Å². The first-order valence-electron chi connectivity index (χ1n) is 5.45. The molecule has 6 heteroatoms. The minimum atomic E-state index is 0.634. The Morgan fingerprint density at radius 2 is 1.94 bits per heavy atom. The highest BCUT2D eigenvalue weighted by atomic mass is 16.5. The first-order chi connectivity index (χ1) is 8.30. The molecular formula is C11H16N4O2. The van der Waals surface area contributed by atoms with Gasteiger partial charge < -0.3 is 15.2 Å². The molecule has 1 aromatic carbocycles. The molecule has 92 valence electrons. The van der Waals surface area contributed by atoms with Gasteiger partial charge >= 0.3 is 0 Å². The lowest BCUT2D eigenvalue weighted by molar-refractivity contribution is 0.355. The number of nitrogens with two attached hydrogens (primary N) is 1. The third-order valence-electron chi connectivity index (χ3n) is 2.59. The SMILES string of the molecule is COc1cc2nnn(CCCN)c2cc1OC. The summed E-state index contributed by atoms with van der Waals surface area (Å²) in [7, 11) is 3.21. The van der Waals surface area contributed by atoms with Crippen LogP contribution in [0.15, 0.2) is 12.1 Å². The van der Waals surface area contributed by atoms with E-state index in [4.69, 9.17) is 15.2 Å². The Kier molecular flexibility index (Phi) is 3.43. The Balaban J connectivity index is 2.45. The van der Waals surface area contributed by atoms with Gasteiger partial charge in [-0.15, -0.1) is 5.10 Å². The number of hydrogen-bond acceptors (Lipinski definition) is 5. The Hall–Kier alpha value is -1.82. The summed E-state index contributed by atoms with van der Waals surface area (Å²) in [5.74, 6) is 1.34. The summed E-state index contributed by atoms with van der Waals surface area (Å²) in [6.45, 7) is 1.39. The molecule has 0 saturated heterocycles. The minimum Gasteiger partial charge on any atom is -0.493 e. The highest BCUT2D eigenvalue weighted by molar-refractivity contribution is 5.79. The van der Waals surface area contributed by atoms with Gasteiger partial charge in [-0.3, -0.25) is 0 Å². The number of nitrogens with zero attached hydrogens (tertiary/aromatic N) is 3. The van der Waals surface area contributed by atoms with E-state index in [-0.39, 0.29) is 0 Å². The van der Waals surface area contributed by atoms with Gasteiger partial charge in [-0.1, -0.05) is 5.21 Å². The highest BCUT2D eigenvalue weighted by Gasteiger charge is 2.11. The van der Waals surface area contributed by atoms with E-state index in [1.807, 2.05) is 16.8 Å². The number of hydrogen-bond donors (Lipinski definition) is 1. The van der Waals surface area contributed by atoms with Crippen molar-refractivity contribution in [3.05, 3.63) is 12.1 Å². The molecule has 1 aromatic heterocycles. The quantitative estimate of drug-likeness (QED) is 0.831. The Morgan fingerprint density at radius 3 is 2.59 bits per heavy atom. The van der Waals surface area contributed by atoms with Crippen LogP contribution in [0.3, 0.4) is 0 Å². The molecule has 0 aliphatic carbocycles. The Morgan fingerprint density at radius 1 is 1.24 bits per heavy atom. The van der Waals surface area contributed by atoms with Crippen molar-refractivity contribution in [1.82, 2.24) is 15.0 Å². The smallest absolute Gasteiger partial charge is 0.163 e. The second-order valence-corrected chi connectivity index (χ2v) is 3.65. The van der Waals surface area contributed by atoms with Crippen molar-refractivity contribution in [2.24, 2.45) is 5.73 Å². The molecule has 17 heavy (non-hydrogen) atoms. The molecule has 0 unspecified atom stereocenters. The van der Waals surface area contributed by atoms with E-state index in [0.717, 1.165) is 24.0 Å². The van der Waals surface area contributed by atoms with Gasteiger partial charge in [0.1, 0.15) is 5.52 Å². The van der Waals surface area contributed by atoms with Gasteiger partial charge in [-0.05, 0) is 13.0 Å². The number of ether oxygens (including phenoxy) is 2. The van der Waals surface area contributed by atoms with Crippen molar-refractivity contribution >= 4 is 11.0 Å². The number of rotatable bonds is 5. The van der Waals surface area contributed by atoms with E-state index in [9.17, 15) is 0 Å². The van der Waals surface area contributed by atoms with Crippen LogP contribution in [0.1, 0.15) is 6.42 Å². The molecule has 0 saturated carbocycles. The van der Waals surface area contributed by atoms with Gasteiger partial charge in [0, 0.05) is 18.7 Å². The van der Waals surface area contributed by atoms with Crippen LogP contribution >= 0.6 is 0 Å². The lowest BCUT2D eigenvalue weighted by Crippen LogP contribution is -2.07. The lowest BCUT2D eigenvalue weighted by Gasteiger charge is -2.07. The summed E-state index contributed by atoms with van der Waals surface area (Å²) < 4.78 is 12.3. The van der Waals surface area contributed by atoms with Crippen molar-refractivity contribution in [3.8, 4) is 11.5 Å². The fraction of sp³-hybridized carbons (Fsp3) is 0.455. The number of benzene rings is 1. The van der Waals surface area contributed by atoms with Crippen molar-refractivity contribution in [3.63, 3.8) is 0 Å². The largest absolute Gasteiger partial charge is 0.493 e. The molecule has 0 amide bonds. The zero-order chi connectivity index (χ0) is 12.3. The molecular weight excluding hydrogens is 220 g/mol. The van der Waals surface area contributed by atoms with Gasteiger partial charge in [0.25, 0.3) is 0 Å². The highest BCUT2D eigenvalue weighted by Crippen LogP contribution is 2.30. The molecule has 0 bridgehead atoms. The van der Waals surface area contributed by atoms with Gasteiger partial charge in [0.05, 0.1) is 19.7 Å². The van der Waals surface area contributed by atoms with Crippen molar-refractivity contribution < 1.29 is 9.47 Å². The first kappa shape index (κ1) is 11.7. The summed E-state index contributed by atoms with van der Waals surface area (Å²) >= 11 is 0. The predicted octanol–water partition coefficient (Wildman–Crippen LogP) is 0.797. The summed E-state index contributed by atoms with van der Waals surface area (Å²) in [4.78, 5) is 0. The fourth-order valence-electron chi connectivity index (χ4n) is 1.70. The molecule has 2 rings (SSSR count). The second-order valence-electron chi connectivity index (χ2n) is 3.65. The van der Waals surface area contributed by atoms with Crippen molar-refractivity contribution in [1.29, 1.82) is 0 Å². The van der Waals surface area contributed by atoms with Crippen molar-refractivity contribution in [2.45, 2.75) is 13.0 Å². The summed E-state index contributed by atoms with van der Waals surface area (Å²) in [6.07, 6.45) is 0.868. The van der Waals surface area contributed by atoms with Gasteiger partial charge in [0.15, 0.2) is 11.5 Å². The summed E-state index contributed by atoms with van der Waals surface area (Å²) in [5, 5.41) is 8.18. The lowest BCUT2D eigenvalue weighted by atomic mass is 10.2. The van der Waals surface area contributed by atoms with Crippen LogP contribution in [0.5, 0.6) is 11.5 Å². The number of aryl methyl sites for hydroxylation is 1. The molecule has 0 aliphatic heterocycles. The van der Waals surface area contributed by atoms with E-state index in [1.54, 1.807) is 14.2 Å².